The molecule has 3 N–H and O–H groups in total. The second kappa shape index (κ2) is 5.38. The van der Waals surface area contributed by atoms with Crippen LogP contribution in [0.3, 0.4) is 0 Å². The van der Waals surface area contributed by atoms with E-state index in [2.05, 4.69) is 5.32 Å². The molecule has 0 aliphatic heterocycles. The van der Waals surface area contributed by atoms with Gasteiger partial charge in [0, 0.05) is 5.69 Å². The van der Waals surface area contributed by atoms with Crippen LogP contribution in [-0.4, -0.2) is 24.8 Å². The number of carbonyl (C=O) groups excluding carboxylic acids is 1. The maximum Gasteiger partial charge on any atom is 0.239 e. The van der Waals surface area contributed by atoms with E-state index >= 15 is 0 Å². The lowest BCUT2D eigenvalue weighted by Gasteiger charge is -2.18. The van der Waals surface area contributed by atoms with Gasteiger partial charge in [-0.05, 0) is 39.0 Å². The Morgan fingerprint density at radius 1 is 1.37 bits per heavy atom. The molecule has 0 radical (unpaired) electrons. The zero-order valence-electron chi connectivity index (χ0n) is 11.0. The predicted molar refractivity (Wildman–Crippen MR) is 78.0 cm³/mol. The molecule has 0 saturated heterocycles. The number of amides is 1. The van der Waals surface area contributed by atoms with E-state index in [1.54, 1.807) is 26.8 Å². The van der Waals surface area contributed by atoms with Crippen molar-refractivity contribution >= 4 is 38.7 Å². The fourth-order valence-electron chi connectivity index (χ4n) is 1.21. The van der Waals surface area contributed by atoms with Crippen molar-refractivity contribution in [3.8, 4) is 0 Å². The van der Waals surface area contributed by atoms with Crippen LogP contribution in [-0.2, 0) is 14.6 Å². The molecule has 0 saturated carbocycles. The maximum absolute atomic E-state index is 11.9. The number of sulfone groups is 1. The van der Waals surface area contributed by atoms with Crippen LogP contribution in [0.25, 0.3) is 0 Å². The molecule has 0 unspecified atom stereocenters. The van der Waals surface area contributed by atoms with Crippen molar-refractivity contribution < 1.29 is 13.2 Å². The van der Waals surface area contributed by atoms with E-state index in [1.165, 1.54) is 12.1 Å². The lowest BCUT2D eigenvalue weighted by atomic mass is 10.3. The van der Waals surface area contributed by atoms with E-state index in [4.69, 9.17) is 17.3 Å². The number of hydrogen-bond donors (Lipinski definition) is 2. The topological polar surface area (TPSA) is 89.3 Å². The molecule has 7 heteroatoms. The molecular formula is C12H17ClN2O3S. The minimum absolute atomic E-state index is 0.318. The van der Waals surface area contributed by atoms with E-state index in [0.717, 1.165) is 0 Å². The first-order valence-electron chi connectivity index (χ1n) is 5.60. The largest absolute Gasteiger partial charge is 0.397 e. The highest BCUT2D eigenvalue weighted by Gasteiger charge is 2.31. The number of benzene rings is 1. The highest BCUT2D eigenvalue weighted by Crippen LogP contribution is 2.22. The molecule has 0 bridgehead atoms. The molecule has 5 nitrogen and oxygen atoms in total. The van der Waals surface area contributed by atoms with Crippen molar-refractivity contribution in [3.05, 3.63) is 23.2 Å². The van der Waals surface area contributed by atoms with E-state index in [9.17, 15) is 13.2 Å². The van der Waals surface area contributed by atoms with E-state index < -0.39 is 26.2 Å². The van der Waals surface area contributed by atoms with Crippen molar-refractivity contribution in [3.63, 3.8) is 0 Å². The Labute approximate surface area is 118 Å². The molecule has 106 valence electrons. The third-order valence-corrected chi connectivity index (χ3v) is 5.39. The summed E-state index contributed by atoms with van der Waals surface area (Å²) < 4.78 is 22.8. The molecule has 0 fully saturated rings. The highest BCUT2D eigenvalue weighted by atomic mass is 35.5. The molecule has 1 aromatic carbocycles. The zero-order valence-corrected chi connectivity index (χ0v) is 12.6. The van der Waals surface area contributed by atoms with Crippen LogP contribution in [0.5, 0.6) is 0 Å². The summed E-state index contributed by atoms with van der Waals surface area (Å²) in [6.45, 7) is 4.65. The van der Waals surface area contributed by atoms with Gasteiger partial charge in [-0.3, -0.25) is 4.79 Å². The summed E-state index contributed by atoms with van der Waals surface area (Å²) in [6.07, 6.45) is 0. The van der Waals surface area contributed by atoms with Crippen LogP contribution in [0, 0.1) is 0 Å². The lowest BCUT2D eigenvalue weighted by molar-refractivity contribution is -0.113. The van der Waals surface area contributed by atoms with Crippen LogP contribution >= 0.6 is 11.6 Å². The Balaban J connectivity index is 2.79. The van der Waals surface area contributed by atoms with Crippen LogP contribution in [0.15, 0.2) is 18.2 Å². The first-order chi connectivity index (χ1) is 8.53. The minimum atomic E-state index is -3.50. The van der Waals surface area contributed by atoms with Gasteiger partial charge in [-0.2, -0.15) is 0 Å². The fourth-order valence-corrected chi connectivity index (χ4v) is 2.18. The summed E-state index contributed by atoms with van der Waals surface area (Å²) in [5.74, 6) is -1.17. The molecule has 1 rings (SSSR count). The van der Waals surface area contributed by atoms with Crippen molar-refractivity contribution in [2.24, 2.45) is 0 Å². The molecule has 1 aromatic rings. The van der Waals surface area contributed by atoms with Crippen molar-refractivity contribution in [2.75, 3.05) is 16.8 Å². The SMILES string of the molecule is CC(C)(C)S(=O)(=O)CC(=O)Nc1ccc(Cl)c(N)c1. The molecular weight excluding hydrogens is 288 g/mol. The smallest absolute Gasteiger partial charge is 0.239 e. The first kappa shape index (κ1) is 15.8. The average molecular weight is 305 g/mol. The third-order valence-electron chi connectivity index (χ3n) is 2.53. The second-order valence-corrected chi connectivity index (χ2v) is 8.31. The van der Waals surface area contributed by atoms with Gasteiger partial charge < -0.3 is 11.1 Å². The number of nitrogens with two attached hydrogens (primary N) is 1. The zero-order chi connectivity index (χ0) is 14.8. The standard InChI is InChI=1S/C12H17ClN2O3S/c1-12(2,3)19(17,18)7-11(16)15-8-4-5-9(13)10(14)6-8/h4-6H,7,14H2,1-3H3,(H,15,16). The summed E-state index contributed by atoms with van der Waals surface area (Å²) in [6, 6.07) is 4.56. The normalized spacial score (nSPS) is 12.2. The molecule has 19 heavy (non-hydrogen) atoms. The molecule has 0 spiro atoms. The number of nitrogens with one attached hydrogen (secondary N) is 1. The highest BCUT2D eigenvalue weighted by molar-refractivity contribution is 7.93. The second-order valence-electron chi connectivity index (χ2n) is 5.16. The van der Waals surface area contributed by atoms with Gasteiger partial charge in [0.05, 0.1) is 15.5 Å². The minimum Gasteiger partial charge on any atom is -0.397 e. The Kier molecular flexibility index (Phi) is 4.47. The summed E-state index contributed by atoms with van der Waals surface area (Å²) in [5, 5.41) is 2.86. The Morgan fingerprint density at radius 2 is 1.95 bits per heavy atom. The lowest BCUT2D eigenvalue weighted by Crippen LogP contribution is -2.35. The average Bonchev–Trinajstić information content (AvgIpc) is 2.21. The van der Waals surface area contributed by atoms with Gasteiger partial charge in [0.25, 0.3) is 0 Å². The molecule has 0 heterocycles. The van der Waals surface area contributed by atoms with Crippen LogP contribution < -0.4 is 11.1 Å². The first-order valence-corrected chi connectivity index (χ1v) is 7.63. The van der Waals surface area contributed by atoms with Crippen molar-refractivity contribution in [1.29, 1.82) is 0 Å². The number of anilines is 2. The molecule has 0 aromatic heterocycles. The Hall–Kier alpha value is -1.27. The van der Waals surface area contributed by atoms with Crippen LogP contribution in [0.2, 0.25) is 5.02 Å². The van der Waals surface area contributed by atoms with Gasteiger partial charge in [-0.1, -0.05) is 11.6 Å². The summed E-state index contributed by atoms with van der Waals surface area (Å²) in [4.78, 5) is 11.7. The van der Waals surface area contributed by atoms with E-state index in [0.29, 0.717) is 16.4 Å². The number of hydrogen-bond acceptors (Lipinski definition) is 4. The summed E-state index contributed by atoms with van der Waals surface area (Å²) >= 11 is 5.75. The van der Waals surface area contributed by atoms with Crippen molar-refractivity contribution in [1.82, 2.24) is 0 Å². The molecule has 0 aliphatic carbocycles. The quantitative estimate of drug-likeness (QED) is 0.837. The fraction of sp³-hybridized carbons (Fsp3) is 0.417. The van der Waals surface area contributed by atoms with Gasteiger partial charge in [0.15, 0.2) is 9.84 Å². The third kappa shape index (κ3) is 4.11. The van der Waals surface area contributed by atoms with Crippen molar-refractivity contribution in [2.45, 2.75) is 25.5 Å². The molecule has 0 atom stereocenters. The van der Waals surface area contributed by atoms with Gasteiger partial charge in [0.1, 0.15) is 5.75 Å². The van der Waals surface area contributed by atoms with Gasteiger partial charge in [-0.15, -0.1) is 0 Å². The van der Waals surface area contributed by atoms with Gasteiger partial charge in [0.2, 0.25) is 5.91 Å². The maximum atomic E-state index is 11.9. The molecule has 1 amide bonds. The monoisotopic (exact) mass is 304 g/mol. The number of halogens is 1. The van der Waals surface area contributed by atoms with Crippen LogP contribution in [0.1, 0.15) is 20.8 Å². The Morgan fingerprint density at radius 3 is 2.42 bits per heavy atom. The van der Waals surface area contributed by atoms with E-state index in [1.807, 2.05) is 0 Å². The summed E-state index contributed by atoms with van der Waals surface area (Å²) in [7, 11) is -3.50. The van der Waals surface area contributed by atoms with Gasteiger partial charge in [-0.25, -0.2) is 8.42 Å². The summed E-state index contributed by atoms with van der Waals surface area (Å²) in [5.41, 5.74) is 6.32. The number of rotatable bonds is 3. The number of nitrogen functional groups attached to an aromatic ring is 1. The number of carbonyl (C=O) groups is 1. The Bertz CT molecular complexity index is 591. The molecule has 0 aliphatic rings. The van der Waals surface area contributed by atoms with Crippen LogP contribution in [0.4, 0.5) is 11.4 Å². The predicted octanol–water partition coefficient (Wildman–Crippen LogP) is 2.07. The van der Waals surface area contributed by atoms with Gasteiger partial charge >= 0.3 is 0 Å². The van der Waals surface area contributed by atoms with E-state index in [-0.39, 0.29) is 0 Å².